The van der Waals surface area contributed by atoms with Gasteiger partial charge >= 0.3 is 11.9 Å². The molecule has 2 atom stereocenters. The summed E-state index contributed by atoms with van der Waals surface area (Å²) < 4.78 is 22.7. The van der Waals surface area contributed by atoms with E-state index in [1.165, 1.54) is 44.9 Å². The molecule has 0 aliphatic rings. The molecule has 0 aliphatic heterocycles. The van der Waals surface area contributed by atoms with Crippen LogP contribution in [0.4, 0.5) is 0 Å². The summed E-state index contributed by atoms with van der Waals surface area (Å²) in [5.41, 5.74) is 0. The summed E-state index contributed by atoms with van der Waals surface area (Å²) in [5, 5.41) is 11.8. The fraction of sp³-hybridized carbons (Fsp3) is 0.603. The first kappa shape index (κ1) is 72.2. The first-order valence-electron chi connectivity index (χ1n) is 30.0. The number of allylic oxidation sites excluding steroid dienone is 24. The zero-order valence-electron chi connectivity index (χ0n) is 49.3. The Balaban J connectivity index is 4.27. The normalized spacial score (nSPS) is 13.8. The lowest BCUT2D eigenvalue weighted by molar-refractivity contribution is -0.870. The highest BCUT2D eigenvalue weighted by molar-refractivity contribution is 5.70. The fourth-order valence-corrected chi connectivity index (χ4v) is 7.54. The highest BCUT2D eigenvalue weighted by atomic mass is 16.7. The molecule has 9 heteroatoms. The Bertz CT molecular complexity index is 1770. The molecular weight excluding hydrogens is 959 g/mol. The van der Waals surface area contributed by atoms with Crippen LogP contribution < -0.4 is 5.11 Å². The Hall–Kier alpha value is -4.83. The van der Waals surface area contributed by atoms with E-state index < -0.39 is 30.3 Å². The molecule has 0 saturated heterocycles. The van der Waals surface area contributed by atoms with Gasteiger partial charge in [0.1, 0.15) is 13.2 Å². The summed E-state index contributed by atoms with van der Waals surface area (Å²) >= 11 is 0. The Morgan fingerprint density at radius 2 is 0.701 bits per heavy atom. The number of quaternary nitrogens is 1. The zero-order valence-corrected chi connectivity index (χ0v) is 49.3. The van der Waals surface area contributed by atoms with Gasteiger partial charge in [-0.3, -0.25) is 9.59 Å². The van der Waals surface area contributed by atoms with E-state index in [0.717, 1.165) is 122 Å². The molecule has 77 heavy (non-hydrogen) atoms. The van der Waals surface area contributed by atoms with Gasteiger partial charge in [-0.1, -0.05) is 224 Å². The number of hydrogen-bond acceptors (Lipinski definition) is 8. The standard InChI is InChI=1S/C68H109NO8/c1-6-8-10-12-14-16-18-20-22-24-26-27-28-29-30-31-32-33-34-35-36-37-38-39-41-43-45-47-49-51-53-55-57-59-66(71)77-64(63-76-68(67(72)73)74-61-60-69(3,4)5)62-75-65(70)58-56-54-52-50-48-46-44-42-40-25-23-21-19-17-15-13-11-9-7-2/h8-11,14-17,20-23,26-27,29-30,32-33,35-36,40,42,46,48,64,68H,6-7,12-13,18-19,24-25,28,31,34,37-39,41,43-45,47,49-63H2,1-5H3/b10-8-,11-9-,16-14-,17-15-,22-20-,23-21-,27-26-,30-29-,33-32-,36-35-,42-40-,48-46-. The monoisotopic (exact) mass is 1070 g/mol. The van der Waals surface area contributed by atoms with Gasteiger partial charge in [0.25, 0.3) is 0 Å². The van der Waals surface area contributed by atoms with Crippen LogP contribution in [0.1, 0.15) is 206 Å². The molecule has 0 heterocycles. The summed E-state index contributed by atoms with van der Waals surface area (Å²) in [5.74, 6) is -2.35. The number of esters is 2. The summed E-state index contributed by atoms with van der Waals surface area (Å²) in [6, 6.07) is 0. The van der Waals surface area contributed by atoms with Gasteiger partial charge in [0, 0.05) is 12.8 Å². The van der Waals surface area contributed by atoms with Gasteiger partial charge in [-0.05, 0) is 116 Å². The van der Waals surface area contributed by atoms with E-state index in [0.29, 0.717) is 23.9 Å². The average Bonchev–Trinajstić information content (AvgIpc) is 3.40. The third-order valence-corrected chi connectivity index (χ3v) is 12.1. The maximum absolute atomic E-state index is 12.9. The van der Waals surface area contributed by atoms with Gasteiger partial charge in [-0.15, -0.1) is 0 Å². The van der Waals surface area contributed by atoms with E-state index in [2.05, 4.69) is 160 Å². The molecule has 434 valence electrons. The number of carboxylic acid groups (broad SMARTS) is 1. The van der Waals surface area contributed by atoms with Crippen molar-refractivity contribution in [1.29, 1.82) is 0 Å². The van der Waals surface area contributed by atoms with E-state index in [-0.39, 0.29) is 32.7 Å². The van der Waals surface area contributed by atoms with Crippen molar-refractivity contribution in [2.75, 3.05) is 47.5 Å². The van der Waals surface area contributed by atoms with Crippen LogP contribution in [0.15, 0.2) is 146 Å². The largest absolute Gasteiger partial charge is 0.545 e. The van der Waals surface area contributed by atoms with Crippen molar-refractivity contribution in [3.63, 3.8) is 0 Å². The van der Waals surface area contributed by atoms with Crippen molar-refractivity contribution in [1.82, 2.24) is 0 Å². The van der Waals surface area contributed by atoms with Crippen LogP contribution in [-0.4, -0.2) is 82.3 Å². The van der Waals surface area contributed by atoms with Gasteiger partial charge in [0.2, 0.25) is 0 Å². The number of hydrogen-bond donors (Lipinski definition) is 0. The first-order chi connectivity index (χ1) is 37.6. The minimum atomic E-state index is -1.64. The third kappa shape index (κ3) is 58.7. The molecule has 0 saturated carbocycles. The van der Waals surface area contributed by atoms with Gasteiger partial charge in [0.15, 0.2) is 12.4 Å². The average molecular weight is 1070 g/mol. The number of carboxylic acids is 1. The number of rotatable bonds is 53. The molecule has 0 fully saturated rings. The lowest BCUT2D eigenvalue weighted by atomic mass is 10.0. The van der Waals surface area contributed by atoms with Crippen LogP contribution in [0.2, 0.25) is 0 Å². The number of aliphatic carboxylic acids is 1. The third-order valence-electron chi connectivity index (χ3n) is 12.1. The maximum Gasteiger partial charge on any atom is 0.306 e. The number of carbonyl (C=O) groups is 3. The van der Waals surface area contributed by atoms with Gasteiger partial charge < -0.3 is 33.3 Å². The summed E-state index contributed by atoms with van der Waals surface area (Å²) in [6.45, 7) is 4.45. The number of unbranched alkanes of at least 4 members (excludes halogenated alkanes) is 14. The molecule has 0 bridgehead atoms. The molecular formula is C68H109NO8. The molecule has 0 aromatic rings. The van der Waals surface area contributed by atoms with Crippen molar-refractivity contribution in [3.8, 4) is 0 Å². The minimum Gasteiger partial charge on any atom is -0.545 e. The molecule has 0 aliphatic carbocycles. The van der Waals surface area contributed by atoms with Crippen LogP contribution in [-0.2, 0) is 33.3 Å². The predicted octanol–water partition coefficient (Wildman–Crippen LogP) is 16.7. The first-order valence-corrected chi connectivity index (χ1v) is 30.0. The second kappa shape index (κ2) is 57.3. The molecule has 0 aromatic heterocycles. The lowest BCUT2D eigenvalue weighted by Gasteiger charge is -2.26. The van der Waals surface area contributed by atoms with E-state index in [9.17, 15) is 19.5 Å². The Morgan fingerprint density at radius 3 is 1.05 bits per heavy atom. The molecule has 0 radical (unpaired) electrons. The molecule has 0 N–H and O–H groups in total. The van der Waals surface area contributed by atoms with E-state index in [1.807, 2.05) is 21.1 Å². The SMILES string of the molecule is CC/C=C\C/C=C\C/C=C\C/C=C\C/C=C\C/C=C\C/C=C\CCCCCCCCCCCCCC(=O)OC(COC(=O)CCCCC/C=C\C/C=C\C/C=C\C/C=C\C/C=C\CC)COC(OCC[N+](C)(C)C)C(=O)[O-]. The van der Waals surface area contributed by atoms with Crippen LogP contribution in [0.3, 0.4) is 0 Å². The van der Waals surface area contributed by atoms with Crippen LogP contribution in [0.5, 0.6) is 0 Å². The van der Waals surface area contributed by atoms with Gasteiger partial charge in [-0.25, -0.2) is 0 Å². The second-order valence-corrected chi connectivity index (χ2v) is 20.5. The highest BCUT2D eigenvalue weighted by Crippen LogP contribution is 2.14. The number of carbonyl (C=O) groups excluding carboxylic acids is 3. The minimum absolute atomic E-state index is 0.133. The molecule has 9 nitrogen and oxygen atoms in total. The maximum atomic E-state index is 12.9. The molecule has 0 amide bonds. The quantitative estimate of drug-likeness (QED) is 0.0195. The number of nitrogens with zero attached hydrogens (tertiary/aromatic N) is 1. The lowest BCUT2D eigenvalue weighted by Crippen LogP contribution is -2.44. The number of likely N-dealkylation sites (N-methyl/N-ethyl adjacent to an activating group) is 1. The predicted molar refractivity (Wildman–Crippen MR) is 324 cm³/mol. The summed E-state index contributed by atoms with van der Waals surface area (Å²) in [7, 11) is 5.90. The molecule has 0 rings (SSSR count). The topological polar surface area (TPSA) is 111 Å². The van der Waals surface area contributed by atoms with Crippen molar-refractivity contribution in [2.24, 2.45) is 0 Å². The highest BCUT2D eigenvalue weighted by Gasteiger charge is 2.22. The van der Waals surface area contributed by atoms with Crippen LogP contribution in [0.25, 0.3) is 0 Å². The fourth-order valence-electron chi connectivity index (χ4n) is 7.54. The van der Waals surface area contributed by atoms with Crippen molar-refractivity contribution < 1.29 is 42.9 Å². The van der Waals surface area contributed by atoms with E-state index in [4.69, 9.17) is 18.9 Å². The molecule has 0 aromatic carbocycles. The van der Waals surface area contributed by atoms with Gasteiger partial charge in [-0.2, -0.15) is 0 Å². The number of ether oxygens (including phenoxy) is 4. The Morgan fingerprint density at radius 1 is 0.390 bits per heavy atom. The van der Waals surface area contributed by atoms with Gasteiger partial charge in [0.05, 0.1) is 40.3 Å². The summed E-state index contributed by atoms with van der Waals surface area (Å²) in [4.78, 5) is 37.3. The van der Waals surface area contributed by atoms with E-state index >= 15 is 0 Å². The zero-order chi connectivity index (χ0) is 56.2. The molecule has 0 spiro atoms. The van der Waals surface area contributed by atoms with Crippen LogP contribution in [0, 0.1) is 0 Å². The Labute approximate surface area is 471 Å². The smallest absolute Gasteiger partial charge is 0.306 e. The molecule has 2 unspecified atom stereocenters. The van der Waals surface area contributed by atoms with Crippen LogP contribution >= 0.6 is 0 Å². The van der Waals surface area contributed by atoms with Crippen molar-refractivity contribution in [3.05, 3.63) is 146 Å². The van der Waals surface area contributed by atoms with Crippen molar-refractivity contribution >= 4 is 17.9 Å². The van der Waals surface area contributed by atoms with E-state index in [1.54, 1.807) is 0 Å². The Kier molecular flexibility index (Phi) is 53.8. The second-order valence-electron chi connectivity index (χ2n) is 20.5. The van der Waals surface area contributed by atoms with Crippen molar-refractivity contribution in [2.45, 2.75) is 219 Å². The summed E-state index contributed by atoms with van der Waals surface area (Å²) in [6.07, 6.45) is 80.4.